The molecule has 2 N–H and O–H groups in total. The topological polar surface area (TPSA) is 75.1 Å². The minimum atomic E-state index is -0.508. The number of aromatic hydroxyl groups is 1. The molecule has 0 atom stereocenters. The summed E-state index contributed by atoms with van der Waals surface area (Å²) in [6, 6.07) is 0. The van der Waals surface area contributed by atoms with Crippen molar-refractivity contribution in [3.63, 3.8) is 0 Å². The summed E-state index contributed by atoms with van der Waals surface area (Å²) >= 11 is 0. The molecule has 1 fully saturated rings. The van der Waals surface area contributed by atoms with Gasteiger partial charge in [-0.25, -0.2) is 4.79 Å². The molecule has 0 aromatic carbocycles. The summed E-state index contributed by atoms with van der Waals surface area (Å²) in [5.74, 6) is -0.164. The molecule has 0 amide bonds. The van der Waals surface area contributed by atoms with E-state index in [0.29, 0.717) is 18.5 Å². The number of hydrogen-bond donors (Lipinski definition) is 2. The fourth-order valence-corrected chi connectivity index (χ4v) is 3.01. The van der Waals surface area contributed by atoms with Crippen molar-refractivity contribution in [1.29, 1.82) is 0 Å². The molecular formula is C14H22N2O3. The van der Waals surface area contributed by atoms with Gasteiger partial charge >= 0.3 is 5.69 Å². The molecule has 0 unspecified atom stereocenters. The third-order valence-corrected chi connectivity index (χ3v) is 4.22. The lowest BCUT2D eigenvalue weighted by Crippen LogP contribution is -2.37. The Bertz CT molecular complexity index is 565. The molecule has 0 bridgehead atoms. The zero-order chi connectivity index (χ0) is 14.0. The monoisotopic (exact) mass is 266 g/mol. The van der Waals surface area contributed by atoms with Gasteiger partial charge in [-0.1, -0.05) is 33.1 Å². The number of aromatic amines is 1. The molecule has 0 aliphatic heterocycles. The van der Waals surface area contributed by atoms with E-state index in [2.05, 4.69) is 11.9 Å². The molecule has 106 valence electrons. The highest BCUT2D eigenvalue weighted by molar-refractivity contribution is 5.22. The van der Waals surface area contributed by atoms with Crippen molar-refractivity contribution >= 4 is 0 Å². The van der Waals surface area contributed by atoms with Gasteiger partial charge in [0.15, 0.2) is 0 Å². The first-order valence-corrected chi connectivity index (χ1v) is 7.02. The van der Waals surface area contributed by atoms with E-state index in [4.69, 9.17) is 0 Å². The van der Waals surface area contributed by atoms with Gasteiger partial charge in [0, 0.05) is 6.54 Å². The van der Waals surface area contributed by atoms with Gasteiger partial charge in [-0.05, 0) is 24.7 Å². The van der Waals surface area contributed by atoms with Gasteiger partial charge < -0.3 is 5.11 Å². The highest BCUT2D eigenvalue weighted by atomic mass is 16.3. The van der Waals surface area contributed by atoms with Crippen molar-refractivity contribution in [3.8, 4) is 5.88 Å². The minimum Gasteiger partial charge on any atom is -0.494 e. The predicted octanol–water partition coefficient (Wildman–Crippen LogP) is 1.77. The molecule has 19 heavy (non-hydrogen) atoms. The van der Waals surface area contributed by atoms with Crippen LogP contribution < -0.4 is 11.2 Å². The van der Waals surface area contributed by atoms with Gasteiger partial charge in [-0.15, -0.1) is 0 Å². The summed E-state index contributed by atoms with van der Waals surface area (Å²) < 4.78 is 1.32. The van der Waals surface area contributed by atoms with E-state index in [1.54, 1.807) is 6.92 Å². The molecule has 5 nitrogen and oxygen atoms in total. The number of aromatic nitrogens is 2. The maximum Gasteiger partial charge on any atom is 0.331 e. The molecule has 1 saturated carbocycles. The van der Waals surface area contributed by atoms with E-state index in [-0.39, 0.29) is 11.3 Å². The Balaban J connectivity index is 2.40. The molecule has 0 saturated heterocycles. The van der Waals surface area contributed by atoms with Crippen molar-refractivity contribution in [2.24, 2.45) is 5.41 Å². The fourth-order valence-electron chi connectivity index (χ4n) is 3.01. The molecule has 2 rings (SSSR count). The molecule has 1 aromatic rings. The van der Waals surface area contributed by atoms with Crippen LogP contribution in [0.2, 0.25) is 0 Å². The van der Waals surface area contributed by atoms with Crippen molar-refractivity contribution in [2.75, 3.05) is 0 Å². The van der Waals surface area contributed by atoms with Crippen LogP contribution in [0.4, 0.5) is 0 Å². The maximum atomic E-state index is 11.9. The van der Waals surface area contributed by atoms with Crippen LogP contribution in [0.25, 0.3) is 0 Å². The molecule has 1 heterocycles. The SMILES string of the molecule is CCc1c(O)n(CC2(C)CCCCC2)c(=O)[nH]c1=O. The average Bonchev–Trinajstić information content (AvgIpc) is 2.36. The molecule has 1 aliphatic carbocycles. The quantitative estimate of drug-likeness (QED) is 0.875. The molecule has 1 aliphatic rings. The van der Waals surface area contributed by atoms with E-state index >= 15 is 0 Å². The third-order valence-electron chi connectivity index (χ3n) is 4.22. The van der Waals surface area contributed by atoms with Gasteiger partial charge in [0.1, 0.15) is 0 Å². The van der Waals surface area contributed by atoms with Crippen LogP contribution in [0.3, 0.4) is 0 Å². The standard InChI is InChI=1S/C14H22N2O3/c1-3-10-11(17)15-13(19)16(12(10)18)9-14(2)7-5-4-6-8-14/h18H,3-9H2,1-2H3,(H,15,17,19). The van der Waals surface area contributed by atoms with E-state index < -0.39 is 11.2 Å². The number of nitrogens with zero attached hydrogens (tertiary/aromatic N) is 1. The normalized spacial score (nSPS) is 18.4. The van der Waals surface area contributed by atoms with Gasteiger partial charge in [0.2, 0.25) is 5.88 Å². The Morgan fingerprint density at radius 2 is 1.89 bits per heavy atom. The first kappa shape index (κ1) is 13.9. The summed E-state index contributed by atoms with van der Waals surface area (Å²) in [6.07, 6.45) is 6.09. The summed E-state index contributed by atoms with van der Waals surface area (Å²) in [7, 11) is 0. The van der Waals surface area contributed by atoms with Crippen LogP contribution in [-0.4, -0.2) is 14.7 Å². The molecule has 0 spiro atoms. The van der Waals surface area contributed by atoms with Gasteiger partial charge in [0.25, 0.3) is 5.56 Å². The van der Waals surface area contributed by atoms with Crippen molar-refractivity contribution < 1.29 is 5.11 Å². The van der Waals surface area contributed by atoms with Crippen molar-refractivity contribution in [3.05, 3.63) is 26.4 Å². The largest absolute Gasteiger partial charge is 0.494 e. The molecule has 5 heteroatoms. The van der Waals surface area contributed by atoms with E-state index in [1.165, 1.54) is 11.0 Å². The third kappa shape index (κ3) is 2.74. The summed E-state index contributed by atoms with van der Waals surface area (Å²) in [5.41, 5.74) is -0.663. The highest BCUT2D eigenvalue weighted by Crippen LogP contribution is 2.37. The Morgan fingerprint density at radius 3 is 2.47 bits per heavy atom. The van der Waals surface area contributed by atoms with Crippen LogP contribution in [0.15, 0.2) is 9.59 Å². The Morgan fingerprint density at radius 1 is 1.26 bits per heavy atom. The highest BCUT2D eigenvalue weighted by Gasteiger charge is 2.29. The maximum absolute atomic E-state index is 11.9. The second-order valence-corrected chi connectivity index (χ2v) is 5.87. The van der Waals surface area contributed by atoms with Gasteiger partial charge in [-0.3, -0.25) is 14.3 Å². The average molecular weight is 266 g/mol. The second kappa shape index (κ2) is 5.23. The summed E-state index contributed by atoms with van der Waals surface area (Å²) in [5, 5.41) is 10.1. The van der Waals surface area contributed by atoms with Gasteiger partial charge in [-0.2, -0.15) is 0 Å². The first-order valence-electron chi connectivity index (χ1n) is 7.02. The lowest BCUT2D eigenvalue weighted by Gasteiger charge is -2.34. The first-order chi connectivity index (χ1) is 8.97. The van der Waals surface area contributed by atoms with Crippen LogP contribution in [0.5, 0.6) is 5.88 Å². The van der Waals surface area contributed by atoms with E-state index in [0.717, 1.165) is 25.7 Å². The minimum absolute atomic E-state index is 0.0306. The summed E-state index contributed by atoms with van der Waals surface area (Å²) in [4.78, 5) is 25.8. The van der Waals surface area contributed by atoms with Crippen LogP contribution in [-0.2, 0) is 13.0 Å². The predicted molar refractivity (Wildman–Crippen MR) is 73.6 cm³/mol. The van der Waals surface area contributed by atoms with Crippen molar-refractivity contribution in [1.82, 2.24) is 9.55 Å². The summed E-state index contributed by atoms with van der Waals surface area (Å²) in [6.45, 7) is 4.41. The Hall–Kier alpha value is -1.52. The Kier molecular flexibility index (Phi) is 3.83. The Labute approximate surface area is 112 Å². The number of hydrogen-bond acceptors (Lipinski definition) is 3. The zero-order valence-electron chi connectivity index (χ0n) is 11.7. The van der Waals surface area contributed by atoms with Gasteiger partial charge in [0.05, 0.1) is 5.56 Å². The van der Waals surface area contributed by atoms with Crippen LogP contribution >= 0.6 is 0 Å². The number of nitrogens with one attached hydrogen (secondary N) is 1. The fraction of sp³-hybridized carbons (Fsp3) is 0.714. The zero-order valence-corrected chi connectivity index (χ0v) is 11.7. The van der Waals surface area contributed by atoms with Crippen molar-refractivity contribution in [2.45, 2.75) is 58.9 Å². The lowest BCUT2D eigenvalue weighted by molar-refractivity contribution is 0.172. The van der Waals surface area contributed by atoms with E-state index in [9.17, 15) is 14.7 Å². The molecular weight excluding hydrogens is 244 g/mol. The number of H-pyrrole nitrogens is 1. The lowest BCUT2D eigenvalue weighted by atomic mass is 9.75. The molecule has 0 radical (unpaired) electrons. The second-order valence-electron chi connectivity index (χ2n) is 5.87. The van der Waals surface area contributed by atoms with E-state index in [1.807, 2.05) is 0 Å². The molecule has 1 aromatic heterocycles. The van der Waals surface area contributed by atoms with Crippen LogP contribution in [0.1, 0.15) is 51.5 Å². The van der Waals surface area contributed by atoms with Crippen LogP contribution in [0, 0.1) is 5.41 Å². The smallest absolute Gasteiger partial charge is 0.331 e. The number of rotatable bonds is 3.